The highest BCUT2D eigenvalue weighted by Gasteiger charge is 2.44. The molecule has 0 aliphatic carbocycles. The number of hydrogen-bond acceptors (Lipinski definition) is 2. The Morgan fingerprint density at radius 2 is 1.36 bits per heavy atom. The molecule has 0 saturated heterocycles. The van der Waals surface area contributed by atoms with E-state index in [4.69, 9.17) is 13.0 Å². The van der Waals surface area contributed by atoms with Crippen LogP contribution in [0.3, 0.4) is 0 Å². The van der Waals surface area contributed by atoms with Crippen molar-refractivity contribution < 1.29 is 26.1 Å². The third kappa shape index (κ3) is 7.82. The van der Waals surface area contributed by atoms with E-state index in [-0.39, 0.29) is 0 Å². The van der Waals surface area contributed by atoms with Crippen molar-refractivity contribution >= 4 is 19.6 Å². The molecule has 8 heteroatoms. The van der Waals surface area contributed by atoms with Gasteiger partial charge in [-0.3, -0.25) is 4.55 Å². The Balaban J connectivity index is 0. The van der Waals surface area contributed by atoms with Crippen LogP contribution in [-0.4, -0.2) is 28.0 Å². The van der Waals surface area contributed by atoms with Gasteiger partial charge in [-0.25, -0.2) is 0 Å². The van der Waals surface area contributed by atoms with Crippen molar-refractivity contribution in [2.24, 2.45) is 0 Å². The summed E-state index contributed by atoms with van der Waals surface area (Å²) < 4.78 is 57.5. The second-order valence-electron chi connectivity index (χ2n) is 1.63. The fraction of sp³-hybridized carbons (Fsp3) is 1.00. The minimum atomic E-state index is -5.84. The fourth-order valence-electron chi connectivity index (χ4n) is 0. The van der Waals surface area contributed by atoms with E-state index in [1.165, 1.54) is 0 Å². The predicted octanol–water partition coefficient (Wildman–Crippen LogP) is 0.645. The van der Waals surface area contributed by atoms with Crippen LogP contribution in [0.25, 0.3) is 0 Å². The average Bonchev–Trinajstić information content (AvgIpc) is 1.60. The van der Waals surface area contributed by atoms with E-state index in [9.17, 15) is 13.2 Å². The van der Waals surface area contributed by atoms with Crippen molar-refractivity contribution in [2.45, 2.75) is 18.6 Å². The van der Waals surface area contributed by atoms with Crippen LogP contribution >= 0.6 is 0 Å². The molecule has 0 fully saturated rings. The Morgan fingerprint density at radius 3 is 1.36 bits per heavy atom. The van der Waals surface area contributed by atoms with Crippen LogP contribution in [0.15, 0.2) is 0 Å². The van der Waals surface area contributed by atoms with Crippen molar-refractivity contribution in [1.82, 2.24) is 0 Å². The Bertz CT molecular complexity index is 184. The van der Waals surface area contributed by atoms with Gasteiger partial charge >= 0.3 is 15.6 Å². The van der Waals surface area contributed by atoms with Crippen LogP contribution < -0.4 is 0 Å². The van der Waals surface area contributed by atoms with Crippen LogP contribution in [0.5, 0.6) is 0 Å². The van der Waals surface area contributed by atoms with Crippen molar-refractivity contribution in [3.05, 3.63) is 0 Å². The zero-order valence-electron chi connectivity index (χ0n) is 6.01. The summed E-state index contributed by atoms with van der Waals surface area (Å²) in [7, 11) is -5.42. The molecule has 0 aliphatic rings. The largest absolute Gasteiger partial charge is 0.522 e. The molecule has 0 spiro atoms. The summed E-state index contributed by atoms with van der Waals surface area (Å²) in [6, 6.07) is 0. The molecule has 0 heterocycles. The average molecular weight is 210 g/mol. The number of halogens is 3. The van der Waals surface area contributed by atoms with Crippen molar-refractivity contribution in [2.75, 3.05) is 0 Å². The molecular weight excluding hydrogens is 201 g/mol. The number of rotatable bonds is 0. The maximum absolute atomic E-state index is 10.7. The van der Waals surface area contributed by atoms with E-state index in [1.807, 2.05) is 0 Å². The molecule has 1 N–H and O–H groups in total. The molecule has 3 nitrogen and oxygen atoms in total. The summed E-state index contributed by atoms with van der Waals surface area (Å²) in [6.45, 7) is 4.53. The van der Waals surface area contributed by atoms with E-state index in [0.29, 0.717) is 9.52 Å². The van der Waals surface area contributed by atoms with E-state index in [2.05, 4.69) is 13.1 Å². The predicted molar refractivity (Wildman–Crippen MR) is 37.9 cm³/mol. The summed E-state index contributed by atoms with van der Waals surface area (Å²) >= 11 is 0. The van der Waals surface area contributed by atoms with Gasteiger partial charge in [0.2, 0.25) is 0 Å². The maximum Gasteiger partial charge on any atom is 0.522 e. The van der Waals surface area contributed by atoms with Gasteiger partial charge in [-0.2, -0.15) is 21.6 Å². The molecule has 0 aromatic carbocycles. The molecule has 0 aromatic rings. The lowest BCUT2D eigenvalue weighted by Crippen LogP contribution is -2.21. The van der Waals surface area contributed by atoms with Crippen LogP contribution in [0.4, 0.5) is 13.2 Å². The van der Waals surface area contributed by atoms with E-state index in [1.54, 1.807) is 0 Å². The smallest absolute Gasteiger partial charge is 0.279 e. The molecule has 70 valence electrons. The van der Waals surface area contributed by atoms with E-state index in [0.717, 1.165) is 0 Å². The van der Waals surface area contributed by atoms with Gasteiger partial charge < -0.3 is 0 Å². The Kier molecular flexibility index (Phi) is 5.80. The van der Waals surface area contributed by atoms with Gasteiger partial charge in [-0.1, -0.05) is 13.1 Å². The molecule has 0 saturated carbocycles. The summed E-state index contributed by atoms with van der Waals surface area (Å²) in [5.41, 5.74) is -5.53. The highest BCUT2D eigenvalue weighted by Crippen LogP contribution is 2.20. The van der Waals surface area contributed by atoms with Gasteiger partial charge in [0.15, 0.2) is 0 Å². The first-order valence-electron chi connectivity index (χ1n) is 2.70. The highest BCUT2D eigenvalue weighted by atomic mass is 32.2. The lowest BCUT2D eigenvalue weighted by atomic mass is 11.6. The Hall–Kier alpha value is -0.0831. The van der Waals surface area contributed by atoms with Gasteiger partial charge in [0.1, 0.15) is 0 Å². The van der Waals surface area contributed by atoms with Gasteiger partial charge in [0.25, 0.3) is 0 Å². The second-order valence-corrected chi connectivity index (χ2v) is 4.46. The van der Waals surface area contributed by atoms with Crippen molar-refractivity contribution in [3.8, 4) is 0 Å². The summed E-state index contributed by atoms with van der Waals surface area (Å²) in [4.78, 5) is 0. The molecule has 0 rings (SSSR count). The molecule has 0 radical (unpaired) electrons. The topological polar surface area (TPSA) is 54.4 Å². The lowest BCUT2D eigenvalue weighted by molar-refractivity contribution is -0.0510. The number of alkyl halides is 3. The molecule has 0 unspecified atom stereocenters. The number of hydrogen-bond donors (Lipinski definition) is 1. The van der Waals surface area contributed by atoms with Gasteiger partial charge in [0.05, 0.1) is 0 Å². The van der Waals surface area contributed by atoms with Crippen LogP contribution in [0.1, 0.15) is 0 Å². The molecule has 0 amide bonds. The third-order valence-electron chi connectivity index (χ3n) is 0.292. The lowest BCUT2D eigenvalue weighted by Gasteiger charge is -1.97. The summed E-state index contributed by atoms with van der Waals surface area (Å²) in [6.07, 6.45) is 0. The van der Waals surface area contributed by atoms with Crippen molar-refractivity contribution in [3.63, 3.8) is 0 Å². The summed E-state index contributed by atoms with van der Waals surface area (Å²) in [5, 5.41) is 0. The molecule has 11 heavy (non-hydrogen) atoms. The second kappa shape index (κ2) is 4.73. The van der Waals surface area contributed by atoms with Crippen LogP contribution in [0, 0.1) is 0 Å². The first-order chi connectivity index (χ1) is 4.66. The third-order valence-corrected chi connectivity index (χ3v) is 0.877. The van der Waals surface area contributed by atoms with Gasteiger partial charge in [-0.05, 0) is 0 Å². The van der Waals surface area contributed by atoms with E-state index >= 15 is 0 Å². The Morgan fingerprint density at radius 1 is 1.27 bits per heavy atom. The molecule has 0 bridgehead atoms. The summed E-state index contributed by atoms with van der Waals surface area (Å²) in [5.74, 6) is 0. The van der Waals surface area contributed by atoms with Gasteiger partial charge in [0, 0.05) is 9.52 Å². The quantitative estimate of drug-likeness (QED) is 0.363. The SMILES string of the molecule is C[SiH2]C.O=S(=O)(O)C(F)(F)F. The van der Waals surface area contributed by atoms with Crippen LogP contribution in [0.2, 0.25) is 13.1 Å². The molecular formula is C3H9F3O3SSi. The first kappa shape index (κ1) is 13.5. The van der Waals surface area contributed by atoms with Crippen molar-refractivity contribution in [1.29, 1.82) is 0 Å². The van der Waals surface area contributed by atoms with Gasteiger partial charge in [-0.15, -0.1) is 0 Å². The first-order valence-corrected chi connectivity index (χ1v) is 6.97. The van der Waals surface area contributed by atoms with E-state index < -0.39 is 15.6 Å². The monoisotopic (exact) mass is 210 g/mol. The standard InChI is InChI=1S/C2H8Si.CHF3O3S/c1-3-2;2-1(3,4)8(5,6)7/h3H2,1-2H3;(H,5,6,7). The zero-order valence-corrected chi connectivity index (χ0v) is 8.24. The normalized spacial score (nSPS) is 11.8. The zero-order chi connectivity index (χ0) is 9.71. The molecule has 0 aromatic heterocycles. The highest BCUT2D eigenvalue weighted by molar-refractivity contribution is 7.86. The minimum absolute atomic E-state index is 0.417. The minimum Gasteiger partial charge on any atom is -0.279 e. The fourth-order valence-corrected chi connectivity index (χ4v) is 0. The Labute approximate surface area is 65.2 Å². The maximum atomic E-state index is 10.7. The molecule has 0 aliphatic heterocycles. The molecule has 0 atom stereocenters. The van der Waals surface area contributed by atoms with Crippen LogP contribution in [-0.2, 0) is 10.1 Å².